The van der Waals surface area contributed by atoms with Gasteiger partial charge in [-0.25, -0.2) is 0 Å². The molecule has 0 saturated carbocycles. The third-order valence-electron chi connectivity index (χ3n) is 5.69. The number of carbonyl (C=O) groups excluding carboxylic acids is 1. The molecule has 6 nitrogen and oxygen atoms in total. The maximum Gasteiger partial charge on any atom is 0.227 e. The average Bonchev–Trinajstić information content (AvgIpc) is 3.31. The Morgan fingerprint density at radius 2 is 2.04 bits per heavy atom. The van der Waals surface area contributed by atoms with Gasteiger partial charge in [0.05, 0.1) is 12.1 Å². The summed E-state index contributed by atoms with van der Waals surface area (Å²) in [5, 5.41) is 7.68. The first kappa shape index (κ1) is 23.2. The van der Waals surface area contributed by atoms with Gasteiger partial charge >= 0.3 is 0 Å². The Morgan fingerprint density at radius 1 is 1.31 bits per heavy atom. The van der Waals surface area contributed by atoms with E-state index >= 15 is 0 Å². The molecule has 1 aromatic heterocycles. The van der Waals surface area contributed by atoms with Gasteiger partial charge in [0, 0.05) is 51.9 Å². The molecule has 2 aliphatic heterocycles. The normalized spacial score (nSPS) is 25.2. The predicted molar refractivity (Wildman–Crippen MR) is 109 cm³/mol. The molecule has 0 aliphatic carbocycles. The fourth-order valence-corrected chi connectivity index (χ4v) is 4.18. The second kappa shape index (κ2) is 10.5. The second-order valence-electron chi connectivity index (χ2n) is 7.24. The lowest BCUT2D eigenvalue weighted by molar-refractivity contribution is -0.134. The quantitative estimate of drug-likeness (QED) is 0.782. The van der Waals surface area contributed by atoms with Gasteiger partial charge in [0.25, 0.3) is 0 Å². The monoisotopic (exact) mass is 405 g/mol. The molecule has 1 N–H and O–H groups in total. The first-order chi connectivity index (χ1) is 11.6. The Hall–Kier alpha value is -0.820. The number of halogens is 2. The van der Waals surface area contributed by atoms with Gasteiger partial charge in [-0.3, -0.25) is 9.48 Å². The lowest BCUT2D eigenvalue weighted by Crippen LogP contribution is -2.38. The van der Waals surface area contributed by atoms with Gasteiger partial charge in [-0.2, -0.15) is 5.10 Å². The molecule has 2 aliphatic rings. The summed E-state index contributed by atoms with van der Waals surface area (Å²) >= 11 is 0. The minimum Gasteiger partial charge on any atom is -0.342 e. The number of aryl methyl sites for hydroxylation is 1. The zero-order valence-corrected chi connectivity index (χ0v) is 17.7. The van der Waals surface area contributed by atoms with Crippen LogP contribution in [0.1, 0.15) is 31.7 Å². The molecule has 2 saturated heterocycles. The van der Waals surface area contributed by atoms with Crippen LogP contribution < -0.4 is 5.32 Å². The van der Waals surface area contributed by atoms with Crippen LogP contribution in [0.25, 0.3) is 0 Å². The Labute approximate surface area is 169 Å². The number of aromatic nitrogens is 2. The lowest BCUT2D eigenvalue weighted by Gasteiger charge is -2.25. The van der Waals surface area contributed by atoms with E-state index in [1.54, 1.807) is 0 Å². The van der Waals surface area contributed by atoms with Crippen molar-refractivity contribution in [2.75, 3.05) is 45.8 Å². The van der Waals surface area contributed by atoms with Crippen molar-refractivity contribution in [3.05, 3.63) is 18.0 Å². The van der Waals surface area contributed by atoms with Crippen molar-refractivity contribution in [3.8, 4) is 0 Å². The topological polar surface area (TPSA) is 53.4 Å². The van der Waals surface area contributed by atoms with E-state index in [0.717, 1.165) is 52.2 Å². The zero-order valence-electron chi connectivity index (χ0n) is 16.1. The van der Waals surface area contributed by atoms with E-state index in [1.807, 2.05) is 24.1 Å². The van der Waals surface area contributed by atoms with Crippen molar-refractivity contribution in [3.63, 3.8) is 0 Å². The van der Waals surface area contributed by atoms with E-state index in [-0.39, 0.29) is 36.6 Å². The van der Waals surface area contributed by atoms with Gasteiger partial charge in [-0.1, -0.05) is 13.8 Å². The minimum atomic E-state index is 0. The second-order valence-corrected chi connectivity index (χ2v) is 7.24. The van der Waals surface area contributed by atoms with Crippen molar-refractivity contribution in [1.82, 2.24) is 24.9 Å². The summed E-state index contributed by atoms with van der Waals surface area (Å²) in [7, 11) is 1.93. The first-order valence-electron chi connectivity index (χ1n) is 9.32. The highest BCUT2D eigenvalue weighted by molar-refractivity contribution is 5.85. The highest BCUT2D eigenvalue weighted by Crippen LogP contribution is 2.31. The Balaban J connectivity index is 0.00000169. The highest BCUT2D eigenvalue weighted by Gasteiger charge is 2.39. The number of nitrogens with one attached hydrogen (secondary N) is 1. The standard InChI is InChI=1S/C18H31N5O.2ClH/c1-4-22(5-2)11-14-6-7-23(12-14)18(24)17-10-19-9-16(17)15-8-20-21(3)13-15;;/h8,13-14,16-17,19H,4-7,9-12H2,1-3H3;2*1H/t14?,16-,17+;;/m1../s1. The molecule has 1 unspecified atom stereocenters. The van der Waals surface area contributed by atoms with E-state index in [0.29, 0.717) is 11.8 Å². The number of likely N-dealkylation sites (tertiary alicyclic amines) is 1. The summed E-state index contributed by atoms with van der Waals surface area (Å²) in [5.41, 5.74) is 1.18. The van der Waals surface area contributed by atoms with E-state index in [4.69, 9.17) is 0 Å². The van der Waals surface area contributed by atoms with Gasteiger partial charge in [0.15, 0.2) is 0 Å². The number of nitrogens with zero attached hydrogens (tertiary/aromatic N) is 4. The van der Waals surface area contributed by atoms with Crippen LogP contribution in [0, 0.1) is 11.8 Å². The Bertz CT molecular complexity index is 564. The maximum atomic E-state index is 13.1. The van der Waals surface area contributed by atoms with Gasteiger partial charge in [0.1, 0.15) is 0 Å². The molecule has 0 aromatic carbocycles. The van der Waals surface area contributed by atoms with Crippen molar-refractivity contribution in [2.24, 2.45) is 18.9 Å². The maximum absolute atomic E-state index is 13.1. The van der Waals surface area contributed by atoms with Crippen molar-refractivity contribution >= 4 is 30.7 Å². The van der Waals surface area contributed by atoms with Crippen LogP contribution in [0.5, 0.6) is 0 Å². The summed E-state index contributed by atoms with van der Waals surface area (Å²) < 4.78 is 1.82. The van der Waals surface area contributed by atoms with Crippen LogP contribution >= 0.6 is 24.8 Å². The molecular formula is C18H33Cl2N5O. The van der Waals surface area contributed by atoms with Crippen LogP contribution in [0.4, 0.5) is 0 Å². The van der Waals surface area contributed by atoms with Crippen molar-refractivity contribution in [2.45, 2.75) is 26.2 Å². The Kier molecular flexibility index (Phi) is 9.38. The van der Waals surface area contributed by atoms with Crippen LogP contribution in [0.15, 0.2) is 12.4 Å². The van der Waals surface area contributed by atoms with E-state index < -0.39 is 0 Å². The van der Waals surface area contributed by atoms with E-state index in [9.17, 15) is 4.79 Å². The molecule has 2 fully saturated rings. The molecule has 3 heterocycles. The molecular weight excluding hydrogens is 373 g/mol. The fraction of sp³-hybridized carbons (Fsp3) is 0.778. The summed E-state index contributed by atoms with van der Waals surface area (Å²) in [5.74, 6) is 1.27. The average molecular weight is 406 g/mol. The van der Waals surface area contributed by atoms with Gasteiger partial charge in [-0.05, 0) is 31.0 Å². The SMILES string of the molecule is CCN(CC)CC1CCN(C(=O)[C@H]2CNC[C@@H]2c2cnn(C)c2)C1.Cl.Cl. The third-order valence-corrected chi connectivity index (χ3v) is 5.69. The predicted octanol–water partition coefficient (Wildman–Crippen LogP) is 1.76. The fourth-order valence-electron chi connectivity index (χ4n) is 4.18. The smallest absolute Gasteiger partial charge is 0.227 e. The molecule has 0 spiro atoms. The van der Waals surface area contributed by atoms with Crippen LogP contribution in [-0.4, -0.2) is 71.3 Å². The molecule has 0 bridgehead atoms. The van der Waals surface area contributed by atoms with E-state index in [1.165, 1.54) is 5.56 Å². The number of hydrogen-bond donors (Lipinski definition) is 1. The molecule has 1 amide bonds. The van der Waals surface area contributed by atoms with Crippen LogP contribution in [-0.2, 0) is 11.8 Å². The molecule has 3 rings (SSSR count). The summed E-state index contributed by atoms with van der Waals surface area (Å²) in [6, 6.07) is 0. The zero-order chi connectivity index (χ0) is 17.1. The molecule has 0 radical (unpaired) electrons. The first-order valence-corrected chi connectivity index (χ1v) is 9.32. The number of rotatable bonds is 6. The molecule has 1 aromatic rings. The lowest BCUT2D eigenvalue weighted by atomic mass is 9.90. The minimum absolute atomic E-state index is 0. The third kappa shape index (κ3) is 5.12. The summed E-state index contributed by atoms with van der Waals surface area (Å²) in [4.78, 5) is 17.6. The number of hydrogen-bond acceptors (Lipinski definition) is 4. The molecule has 3 atom stereocenters. The molecule has 8 heteroatoms. The van der Waals surface area contributed by atoms with E-state index in [2.05, 4.69) is 34.1 Å². The highest BCUT2D eigenvalue weighted by atomic mass is 35.5. The summed E-state index contributed by atoms with van der Waals surface area (Å²) in [6.45, 7) is 11.2. The van der Waals surface area contributed by atoms with Crippen LogP contribution in [0.3, 0.4) is 0 Å². The van der Waals surface area contributed by atoms with Gasteiger partial charge < -0.3 is 15.1 Å². The van der Waals surface area contributed by atoms with Gasteiger partial charge in [-0.15, -0.1) is 24.8 Å². The number of amides is 1. The number of carbonyl (C=O) groups is 1. The van der Waals surface area contributed by atoms with Gasteiger partial charge in [0.2, 0.25) is 5.91 Å². The molecule has 150 valence electrons. The molecule has 26 heavy (non-hydrogen) atoms. The largest absolute Gasteiger partial charge is 0.342 e. The summed E-state index contributed by atoms with van der Waals surface area (Å²) in [6.07, 6.45) is 5.09. The van der Waals surface area contributed by atoms with Crippen LogP contribution in [0.2, 0.25) is 0 Å². The van der Waals surface area contributed by atoms with Crippen molar-refractivity contribution in [1.29, 1.82) is 0 Å². The van der Waals surface area contributed by atoms with Crippen molar-refractivity contribution < 1.29 is 4.79 Å². The Morgan fingerprint density at radius 3 is 2.65 bits per heavy atom.